The number of halogens is 4. The molecule has 2 N–H and O–H groups in total. The van der Waals surface area contributed by atoms with Crippen LogP contribution in [0.15, 0.2) is 48.8 Å². The molecule has 4 aromatic rings. The minimum Gasteiger partial charge on any atom is -0.345 e. The van der Waals surface area contributed by atoms with Gasteiger partial charge in [-0.25, -0.2) is 31.0 Å². The summed E-state index contributed by atoms with van der Waals surface area (Å²) in [5.41, 5.74) is -0.817. The van der Waals surface area contributed by atoms with Gasteiger partial charge in [0, 0.05) is 28.9 Å². The van der Waals surface area contributed by atoms with E-state index in [1.165, 1.54) is 24.5 Å². The third-order valence-corrected chi connectivity index (χ3v) is 6.56. The van der Waals surface area contributed by atoms with E-state index in [0.29, 0.717) is 5.56 Å². The third-order valence-electron chi connectivity index (χ3n) is 5.09. The van der Waals surface area contributed by atoms with E-state index in [2.05, 4.69) is 9.97 Å². The van der Waals surface area contributed by atoms with E-state index in [0.717, 1.165) is 24.3 Å². The summed E-state index contributed by atoms with van der Waals surface area (Å²) in [7, 11) is -3.89. The third kappa shape index (κ3) is 4.38. The molecule has 0 radical (unpaired) electrons. The molecular weight excluding hydrogens is 474 g/mol. The molecule has 0 atom stereocenters. The molecule has 0 saturated carbocycles. The molecule has 0 aliphatic rings. The number of aromatic nitrogens is 2. The van der Waals surface area contributed by atoms with Crippen LogP contribution < -0.4 is 4.72 Å². The van der Waals surface area contributed by atoms with Gasteiger partial charge in [-0.15, -0.1) is 0 Å². The van der Waals surface area contributed by atoms with Crippen molar-refractivity contribution >= 4 is 32.5 Å². The summed E-state index contributed by atoms with van der Waals surface area (Å²) in [5, 5.41) is 0.183. The van der Waals surface area contributed by atoms with Crippen molar-refractivity contribution in [2.75, 3.05) is 10.5 Å². The molecule has 4 rings (SSSR count). The number of hydrogen-bond donors (Lipinski definition) is 2. The van der Waals surface area contributed by atoms with Gasteiger partial charge in [-0.3, -0.25) is 9.52 Å². The summed E-state index contributed by atoms with van der Waals surface area (Å²) in [4.78, 5) is 20.0. The lowest BCUT2D eigenvalue weighted by Gasteiger charge is -2.11. The molecule has 2 aromatic heterocycles. The fourth-order valence-electron chi connectivity index (χ4n) is 3.49. The molecule has 2 heterocycles. The number of hydrogen-bond acceptors (Lipinski definition) is 4. The highest BCUT2D eigenvalue weighted by Crippen LogP contribution is 2.30. The maximum Gasteiger partial charge on any atom is 0.232 e. The Morgan fingerprint density at radius 1 is 1.00 bits per heavy atom. The summed E-state index contributed by atoms with van der Waals surface area (Å²) in [6, 6.07) is 6.35. The second-order valence-electron chi connectivity index (χ2n) is 7.49. The number of rotatable bonds is 7. The number of nitrogens with one attached hydrogen (secondary N) is 2. The summed E-state index contributed by atoms with van der Waals surface area (Å²) < 4.78 is 82.6. The topological polar surface area (TPSA) is 91.9 Å². The van der Waals surface area contributed by atoms with Gasteiger partial charge in [0.05, 0.1) is 17.0 Å². The fourth-order valence-corrected chi connectivity index (χ4v) is 4.62. The zero-order valence-corrected chi connectivity index (χ0v) is 18.4. The van der Waals surface area contributed by atoms with Crippen LogP contribution in [0.1, 0.15) is 29.3 Å². The molecule has 11 heteroatoms. The average molecular weight is 491 g/mol. The predicted octanol–water partition coefficient (Wildman–Crippen LogP) is 5.17. The van der Waals surface area contributed by atoms with Crippen molar-refractivity contribution in [2.24, 2.45) is 0 Å². The van der Waals surface area contributed by atoms with Crippen LogP contribution in [0, 0.1) is 23.3 Å². The van der Waals surface area contributed by atoms with Crippen LogP contribution in [0.4, 0.5) is 23.2 Å². The highest BCUT2D eigenvalue weighted by molar-refractivity contribution is 7.92. The van der Waals surface area contributed by atoms with Crippen molar-refractivity contribution in [3.8, 4) is 11.1 Å². The highest BCUT2D eigenvalue weighted by Gasteiger charge is 2.26. The number of ketones is 1. The van der Waals surface area contributed by atoms with Crippen LogP contribution >= 0.6 is 0 Å². The number of anilines is 1. The van der Waals surface area contributed by atoms with Crippen molar-refractivity contribution < 1.29 is 30.8 Å². The van der Waals surface area contributed by atoms with Crippen LogP contribution in [-0.2, 0) is 10.0 Å². The molecule has 176 valence electrons. The number of nitrogens with zero attached hydrogens (tertiary/aromatic N) is 1. The smallest absolute Gasteiger partial charge is 0.232 e. The van der Waals surface area contributed by atoms with Crippen LogP contribution in [0.5, 0.6) is 0 Å². The first kappa shape index (κ1) is 23.4. The summed E-state index contributed by atoms with van der Waals surface area (Å²) >= 11 is 0. The number of H-pyrrole nitrogens is 1. The maximum absolute atomic E-state index is 15.1. The zero-order valence-electron chi connectivity index (χ0n) is 17.6. The van der Waals surface area contributed by atoms with Gasteiger partial charge in [-0.05, 0) is 42.3 Å². The number of sulfonamides is 1. The van der Waals surface area contributed by atoms with Crippen LogP contribution in [0.2, 0.25) is 0 Å². The molecule has 0 unspecified atom stereocenters. The Kier molecular flexibility index (Phi) is 6.13. The van der Waals surface area contributed by atoms with Gasteiger partial charge in [-0.1, -0.05) is 13.0 Å². The maximum atomic E-state index is 15.1. The van der Waals surface area contributed by atoms with Crippen LogP contribution in [0.3, 0.4) is 0 Å². The Labute approximate surface area is 191 Å². The minimum absolute atomic E-state index is 0.140. The monoisotopic (exact) mass is 491 g/mol. The van der Waals surface area contributed by atoms with Crippen molar-refractivity contribution in [3.05, 3.63) is 83.2 Å². The summed E-state index contributed by atoms with van der Waals surface area (Å²) in [6.45, 7) is 1.62. The first-order chi connectivity index (χ1) is 16.1. The molecule has 6 nitrogen and oxygen atoms in total. The molecule has 34 heavy (non-hydrogen) atoms. The van der Waals surface area contributed by atoms with Gasteiger partial charge < -0.3 is 4.98 Å². The molecule has 2 aromatic carbocycles. The predicted molar refractivity (Wildman–Crippen MR) is 119 cm³/mol. The highest BCUT2D eigenvalue weighted by atomic mass is 32.2. The van der Waals surface area contributed by atoms with E-state index in [1.54, 1.807) is 6.92 Å². The summed E-state index contributed by atoms with van der Waals surface area (Å²) in [5.74, 6) is -5.98. The van der Waals surface area contributed by atoms with Gasteiger partial charge >= 0.3 is 0 Å². The van der Waals surface area contributed by atoms with Gasteiger partial charge in [0.2, 0.25) is 15.8 Å². The largest absolute Gasteiger partial charge is 0.345 e. The number of carbonyl (C=O) groups excluding carboxylic acids is 1. The Morgan fingerprint density at radius 2 is 1.74 bits per heavy atom. The van der Waals surface area contributed by atoms with Crippen molar-refractivity contribution in [1.82, 2.24) is 9.97 Å². The SMILES string of the molecule is CCCS(=O)(=O)Nc1ccc(F)c(C(=O)c2c[nH]c3ncc(-c4ccc(F)c(F)c4)cc23)c1F. The standard InChI is InChI=1S/C23H17F4N3O3S/c1-2-7-34(32,33)30-19-6-5-17(25)20(21(19)27)22(31)15-11-29-23-14(15)8-13(10-28-23)12-3-4-16(24)18(26)9-12/h3-6,8-11,30H,2,7H2,1H3,(H,28,29). The number of pyridine rings is 1. The zero-order chi connectivity index (χ0) is 24.6. The lowest BCUT2D eigenvalue weighted by atomic mass is 10.00. The molecule has 0 amide bonds. The van der Waals surface area contributed by atoms with E-state index in [9.17, 15) is 26.4 Å². The van der Waals surface area contributed by atoms with Gasteiger partial charge in [0.25, 0.3) is 0 Å². The molecule has 0 spiro atoms. The molecule has 0 aliphatic carbocycles. The first-order valence-electron chi connectivity index (χ1n) is 10.1. The van der Waals surface area contributed by atoms with Crippen molar-refractivity contribution in [3.63, 3.8) is 0 Å². The number of aromatic amines is 1. The number of carbonyl (C=O) groups is 1. The Bertz CT molecular complexity index is 1530. The van der Waals surface area contributed by atoms with E-state index in [4.69, 9.17) is 0 Å². The van der Waals surface area contributed by atoms with Crippen LogP contribution in [0.25, 0.3) is 22.2 Å². The Balaban J connectivity index is 1.79. The second-order valence-corrected chi connectivity index (χ2v) is 9.33. The van der Waals surface area contributed by atoms with E-state index < -0.39 is 50.3 Å². The van der Waals surface area contributed by atoms with Crippen molar-refractivity contribution in [1.29, 1.82) is 0 Å². The van der Waals surface area contributed by atoms with Gasteiger partial charge in [0.15, 0.2) is 17.5 Å². The molecule has 0 fully saturated rings. The lowest BCUT2D eigenvalue weighted by molar-refractivity contribution is 0.103. The van der Waals surface area contributed by atoms with Gasteiger partial charge in [-0.2, -0.15) is 0 Å². The lowest BCUT2D eigenvalue weighted by Crippen LogP contribution is -2.18. The van der Waals surface area contributed by atoms with E-state index >= 15 is 4.39 Å². The Hall–Kier alpha value is -3.73. The van der Waals surface area contributed by atoms with E-state index in [1.807, 2.05) is 4.72 Å². The summed E-state index contributed by atoms with van der Waals surface area (Å²) in [6.07, 6.45) is 2.85. The van der Waals surface area contributed by atoms with Crippen LogP contribution in [-0.4, -0.2) is 29.9 Å². The second kappa shape index (κ2) is 8.90. The first-order valence-corrected chi connectivity index (χ1v) is 11.7. The fraction of sp³-hybridized carbons (Fsp3) is 0.130. The van der Waals surface area contributed by atoms with Crippen molar-refractivity contribution in [2.45, 2.75) is 13.3 Å². The average Bonchev–Trinajstić information content (AvgIpc) is 3.21. The number of fused-ring (bicyclic) bond motifs is 1. The van der Waals surface area contributed by atoms with E-state index in [-0.39, 0.29) is 34.3 Å². The molecule has 0 bridgehead atoms. The minimum atomic E-state index is -3.89. The molecular formula is C23H17F4N3O3S. The van der Waals surface area contributed by atoms with Gasteiger partial charge in [0.1, 0.15) is 11.5 Å². The number of benzene rings is 2. The Morgan fingerprint density at radius 3 is 2.44 bits per heavy atom. The molecule has 0 saturated heterocycles. The molecule has 0 aliphatic heterocycles. The normalized spacial score (nSPS) is 11.7. The quantitative estimate of drug-likeness (QED) is 0.276.